The standard InChI is InChI=1S/C16H18N6O3/c1-10(11-6-4-3-5-7-11)19-20-15-17-13-12(22(15)8-9-23)14(24)18-16(25)21(13)2/h3-7,23H,8-9H2,1-2H3,(H,17,20)(H,18,24,25)/b19-10+. The molecule has 0 radical (unpaired) electrons. The molecule has 0 aliphatic carbocycles. The van der Waals surface area contributed by atoms with Crippen LogP contribution >= 0.6 is 0 Å². The van der Waals surface area contributed by atoms with Gasteiger partial charge in [0.25, 0.3) is 5.56 Å². The Balaban J connectivity index is 2.08. The molecule has 0 amide bonds. The Bertz CT molecular complexity index is 1050. The number of H-pyrrole nitrogens is 1. The molecule has 3 N–H and O–H groups in total. The summed E-state index contributed by atoms with van der Waals surface area (Å²) in [5, 5.41) is 13.6. The monoisotopic (exact) mass is 342 g/mol. The van der Waals surface area contributed by atoms with Crippen LogP contribution in [-0.2, 0) is 13.6 Å². The number of benzene rings is 1. The minimum atomic E-state index is -0.559. The molecule has 2 heterocycles. The van der Waals surface area contributed by atoms with Gasteiger partial charge >= 0.3 is 5.69 Å². The van der Waals surface area contributed by atoms with Crippen LogP contribution in [0.3, 0.4) is 0 Å². The first kappa shape index (κ1) is 16.7. The number of hydrogen-bond donors (Lipinski definition) is 3. The molecule has 9 nitrogen and oxygen atoms in total. The number of hydrogen-bond acceptors (Lipinski definition) is 6. The van der Waals surface area contributed by atoms with Gasteiger partial charge in [0.05, 0.1) is 12.3 Å². The third kappa shape index (κ3) is 3.09. The van der Waals surface area contributed by atoms with Crippen molar-refractivity contribution in [3.63, 3.8) is 0 Å². The van der Waals surface area contributed by atoms with Crippen molar-refractivity contribution in [1.82, 2.24) is 19.1 Å². The number of nitrogens with one attached hydrogen (secondary N) is 2. The first-order valence-corrected chi connectivity index (χ1v) is 7.69. The fraction of sp³-hybridized carbons (Fsp3) is 0.250. The molecular formula is C16H18N6O3. The zero-order valence-electron chi connectivity index (χ0n) is 13.9. The van der Waals surface area contributed by atoms with Gasteiger partial charge in [0, 0.05) is 13.6 Å². The van der Waals surface area contributed by atoms with E-state index in [1.807, 2.05) is 37.3 Å². The SMILES string of the molecule is C/C(=N\Nc1nc2c(c(=O)[nH]c(=O)n2C)n1CCO)c1ccccc1. The van der Waals surface area contributed by atoms with Gasteiger partial charge in [-0.05, 0) is 12.5 Å². The lowest BCUT2D eigenvalue weighted by atomic mass is 10.1. The molecule has 0 bridgehead atoms. The molecule has 0 unspecified atom stereocenters. The Labute approximate surface area is 142 Å². The third-order valence-electron chi connectivity index (χ3n) is 3.85. The van der Waals surface area contributed by atoms with E-state index in [0.717, 1.165) is 11.3 Å². The average molecular weight is 342 g/mol. The highest BCUT2D eigenvalue weighted by Gasteiger charge is 2.16. The maximum atomic E-state index is 12.1. The number of aromatic nitrogens is 4. The normalized spacial score (nSPS) is 11.9. The smallest absolute Gasteiger partial charge is 0.329 e. The van der Waals surface area contributed by atoms with Gasteiger partial charge in [0.2, 0.25) is 5.95 Å². The molecule has 1 aromatic carbocycles. The Kier molecular flexibility index (Phi) is 4.48. The number of nitrogens with zero attached hydrogens (tertiary/aromatic N) is 4. The first-order valence-electron chi connectivity index (χ1n) is 7.69. The molecule has 2 aromatic heterocycles. The van der Waals surface area contributed by atoms with E-state index in [4.69, 9.17) is 0 Å². The second-order valence-corrected chi connectivity index (χ2v) is 5.48. The molecule has 3 aromatic rings. The Hall–Kier alpha value is -3.20. The van der Waals surface area contributed by atoms with Crippen LogP contribution in [0, 0.1) is 0 Å². The van der Waals surface area contributed by atoms with Crippen molar-refractivity contribution in [2.45, 2.75) is 13.5 Å². The van der Waals surface area contributed by atoms with Gasteiger partial charge in [0.1, 0.15) is 0 Å². The van der Waals surface area contributed by atoms with Crippen molar-refractivity contribution >= 4 is 22.8 Å². The number of aliphatic hydroxyl groups is 1. The van der Waals surface area contributed by atoms with E-state index in [1.165, 1.54) is 16.2 Å². The van der Waals surface area contributed by atoms with Crippen LogP contribution in [0.2, 0.25) is 0 Å². The highest BCUT2D eigenvalue weighted by Crippen LogP contribution is 2.15. The quantitative estimate of drug-likeness (QED) is 0.454. The van der Waals surface area contributed by atoms with Crippen LogP contribution in [0.1, 0.15) is 12.5 Å². The lowest BCUT2D eigenvalue weighted by Gasteiger charge is -2.07. The van der Waals surface area contributed by atoms with Gasteiger partial charge in [-0.15, -0.1) is 0 Å². The van der Waals surface area contributed by atoms with Crippen molar-refractivity contribution in [1.29, 1.82) is 0 Å². The van der Waals surface area contributed by atoms with E-state index in [-0.39, 0.29) is 30.3 Å². The summed E-state index contributed by atoms with van der Waals surface area (Å²) in [6, 6.07) is 9.57. The molecule has 3 rings (SSSR count). The highest BCUT2D eigenvalue weighted by atomic mass is 16.3. The fourth-order valence-electron chi connectivity index (χ4n) is 2.52. The summed E-state index contributed by atoms with van der Waals surface area (Å²) in [6.07, 6.45) is 0. The second kappa shape index (κ2) is 6.73. The molecule has 0 saturated carbocycles. The average Bonchev–Trinajstić information content (AvgIpc) is 2.98. The first-order chi connectivity index (χ1) is 12.0. The van der Waals surface area contributed by atoms with Crippen molar-refractivity contribution in [3.05, 3.63) is 56.7 Å². The van der Waals surface area contributed by atoms with Crippen molar-refractivity contribution < 1.29 is 5.11 Å². The summed E-state index contributed by atoms with van der Waals surface area (Å²) in [4.78, 5) is 30.4. The topological polar surface area (TPSA) is 117 Å². The predicted octanol–water partition coefficient (Wildman–Crippen LogP) is 0.252. The minimum Gasteiger partial charge on any atom is -0.395 e. The number of rotatable bonds is 5. The lowest BCUT2D eigenvalue weighted by Crippen LogP contribution is -2.29. The van der Waals surface area contributed by atoms with Crippen LogP contribution in [0.4, 0.5) is 5.95 Å². The number of aromatic amines is 1. The summed E-state index contributed by atoms with van der Waals surface area (Å²) in [7, 11) is 1.51. The van der Waals surface area contributed by atoms with Gasteiger partial charge < -0.3 is 9.67 Å². The number of aryl methyl sites for hydroxylation is 1. The van der Waals surface area contributed by atoms with Crippen molar-refractivity contribution in [3.8, 4) is 0 Å². The number of aliphatic hydroxyl groups excluding tert-OH is 1. The van der Waals surface area contributed by atoms with Crippen molar-refractivity contribution in [2.24, 2.45) is 12.1 Å². The highest BCUT2D eigenvalue weighted by molar-refractivity contribution is 5.99. The van der Waals surface area contributed by atoms with Gasteiger partial charge in [-0.1, -0.05) is 30.3 Å². The van der Waals surface area contributed by atoms with E-state index in [1.54, 1.807) is 0 Å². The molecule has 0 aliphatic rings. The lowest BCUT2D eigenvalue weighted by molar-refractivity contribution is 0.278. The molecular weight excluding hydrogens is 324 g/mol. The largest absolute Gasteiger partial charge is 0.395 e. The predicted molar refractivity (Wildman–Crippen MR) is 95.0 cm³/mol. The van der Waals surface area contributed by atoms with E-state index in [9.17, 15) is 14.7 Å². The molecule has 9 heteroatoms. The zero-order valence-corrected chi connectivity index (χ0v) is 13.9. The van der Waals surface area contributed by atoms with Crippen LogP contribution in [0.5, 0.6) is 0 Å². The summed E-state index contributed by atoms with van der Waals surface area (Å²) in [6.45, 7) is 1.79. The third-order valence-corrected chi connectivity index (χ3v) is 3.85. The molecule has 0 atom stereocenters. The van der Waals surface area contributed by atoms with Gasteiger partial charge in [0.15, 0.2) is 11.2 Å². The Morgan fingerprint density at radius 2 is 2.04 bits per heavy atom. The van der Waals surface area contributed by atoms with E-state index >= 15 is 0 Å². The number of fused-ring (bicyclic) bond motifs is 1. The van der Waals surface area contributed by atoms with Gasteiger partial charge in [-0.3, -0.25) is 14.3 Å². The molecule has 0 fully saturated rings. The summed E-state index contributed by atoms with van der Waals surface area (Å²) >= 11 is 0. The van der Waals surface area contributed by atoms with E-state index in [2.05, 4.69) is 20.5 Å². The van der Waals surface area contributed by atoms with E-state index < -0.39 is 11.2 Å². The molecule has 130 valence electrons. The van der Waals surface area contributed by atoms with Gasteiger partial charge in [-0.25, -0.2) is 10.2 Å². The summed E-state index contributed by atoms with van der Waals surface area (Å²) in [5.41, 5.74) is 3.79. The van der Waals surface area contributed by atoms with Crippen LogP contribution in [-0.4, -0.2) is 36.5 Å². The summed E-state index contributed by atoms with van der Waals surface area (Å²) < 4.78 is 2.74. The Morgan fingerprint density at radius 3 is 2.72 bits per heavy atom. The number of anilines is 1. The van der Waals surface area contributed by atoms with Gasteiger partial charge in [-0.2, -0.15) is 10.1 Å². The van der Waals surface area contributed by atoms with E-state index in [0.29, 0.717) is 0 Å². The summed E-state index contributed by atoms with van der Waals surface area (Å²) in [5.74, 6) is 0.269. The molecule has 0 spiro atoms. The number of imidazole rings is 1. The Morgan fingerprint density at radius 1 is 1.32 bits per heavy atom. The van der Waals surface area contributed by atoms with Crippen LogP contribution in [0.15, 0.2) is 45.0 Å². The van der Waals surface area contributed by atoms with Crippen molar-refractivity contribution in [2.75, 3.05) is 12.0 Å². The maximum Gasteiger partial charge on any atom is 0.329 e. The molecule has 0 aliphatic heterocycles. The fourth-order valence-corrected chi connectivity index (χ4v) is 2.52. The minimum absolute atomic E-state index is 0.139. The zero-order chi connectivity index (χ0) is 18.0. The van der Waals surface area contributed by atoms with Crippen LogP contribution < -0.4 is 16.7 Å². The maximum absolute atomic E-state index is 12.1. The number of hydrazone groups is 1. The molecule has 25 heavy (non-hydrogen) atoms. The second-order valence-electron chi connectivity index (χ2n) is 5.48. The van der Waals surface area contributed by atoms with Crippen LogP contribution in [0.25, 0.3) is 11.2 Å². The molecule has 0 saturated heterocycles.